The number of nitrogens with one attached hydrogen (secondary N) is 1. The maximum atomic E-state index is 11.0. The Morgan fingerprint density at radius 3 is 3.04 bits per heavy atom. The van der Waals surface area contributed by atoms with Crippen LogP contribution in [0.25, 0.3) is 0 Å². The highest BCUT2D eigenvalue weighted by Crippen LogP contribution is 2.34. The van der Waals surface area contributed by atoms with Crippen molar-refractivity contribution in [1.82, 2.24) is 15.0 Å². The number of pyridine rings is 1. The molecule has 0 bridgehead atoms. The Morgan fingerprint density at radius 1 is 1.46 bits per heavy atom. The van der Waals surface area contributed by atoms with Crippen LogP contribution in [0.3, 0.4) is 0 Å². The van der Waals surface area contributed by atoms with Crippen molar-refractivity contribution in [2.45, 2.75) is 9.10 Å². The first-order valence-corrected chi connectivity index (χ1v) is 8.62. The van der Waals surface area contributed by atoms with Crippen molar-refractivity contribution in [3.63, 3.8) is 0 Å². The number of aliphatic hydroxyl groups is 1. The summed E-state index contributed by atoms with van der Waals surface area (Å²) in [6.45, 7) is 0.674. The summed E-state index contributed by atoms with van der Waals surface area (Å²) in [6.07, 6.45) is 8.84. The topological polar surface area (TPSA) is 98.6 Å². The molecule has 0 spiro atoms. The number of hydrazine groups is 1. The SMILES string of the molecule is O=C(O)c1cc(Sc2cnc(NN3C=CC(CO)=CC3)s2)ccn1. The molecule has 0 unspecified atom stereocenters. The lowest BCUT2D eigenvalue weighted by Gasteiger charge is -2.22. The standard InChI is InChI=1S/C15H14N4O3S2/c20-9-10-2-5-19(6-3-10)18-15-17-8-13(24-15)23-11-1-4-16-12(7-11)14(21)22/h1-5,7-8,20H,6,9H2,(H,17,18)(H,21,22). The number of carboxylic acids is 1. The largest absolute Gasteiger partial charge is 0.477 e. The van der Waals surface area contributed by atoms with Crippen LogP contribution in [0.2, 0.25) is 0 Å². The second-order valence-corrected chi connectivity index (χ2v) is 7.19. The number of aromatic nitrogens is 2. The summed E-state index contributed by atoms with van der Waals surface area (Å²) in [5.41, 5.74) is 4.07. The van der Waals surface area contributed by atoms with Gasteiger partial charge in [0, 0.05) is 17.3 Å². The Bertz CT molecular complexity index is 804. The fraction of sp³-hybridized carbons (Fsp3) is 0.133. The molecule has 0 amide bonds. The summed E-state index contributed by atoms with van der Waals surface area (Å²) in [5, 5.41) is 20.6. The monoisotopic (exact) mass is 362 g/mol. The lowest BCUT2D eigenvalue weighted by Crippen LogP contribution is -2.26. The van der Waals surface area contributed by atoms with Crippen LogP contribution in [0.1, 0.15) is 10.5 Å². The molecule has 3 heterocycles. The van der Waals surface area contributed by atoms with E-state index >= 15 is 0 Å². The molecule has 0 aromatic carbocycles. The van der Waals surface area contributed by atoms with Crippen LogP contribution < -0.4 is 5.43 Å². The molecule has 0 fully saturated rings. The molecule has 2 aromatic rings. The molecule has 1 aliphatic heterocycles. The molecule has 2 aromatic heterocycles. The van der Waals surface area contributed by atoms with Gasteiger partial charge in [0.1, 0.15) is 5.69 Å². The van der Waals surface area contributed by atoms with E-state index in [0.29, 0.717) is 6.54 Å². The molecule has 0 radical (unpaired) electrons. The van der Waals surface area contributed by atoms with Gasteiger partial charge in [0.2, 0.25) is 5.13 Å². The first kappa shape index (κ1) is 16.5. The zero-order valence-corrected chi connectivity index (χ0v) is 14.0. The summed E-state index contributed by atoms with van der Waals surface area (Å²) < 4.78 is 0.938. The Morgan fingerprint density at radius 2 is 2.33 bits per heavy atom. The highest BCUT2D eigenvalue weighted by atomic mass is 32.2. The Labute approximate surface area is 146 Å². The first-order chi connectivity index (χ1) is 11.6. The van der Waals surface area contributed by atoms with Crippen LogP contribution in [0, 0.1) is 0 Å². The third-order valence-electron chi connectivity index (χ3n) is 3.09. The van der Waals surface area contributed by atoms with Crippen molar-refractivity contribution in [1.29, 1.82) is 0 Å². The summed E-state index contributed by atoms with van der Waals surface area (Å²) in [4.78, 5) is 19.9. The summed E-state index contributed by atoms with van der Waals surface area (Å²) in [5.74, 6) is -1.05. The van der Waals surface area contributed by atoms with Gasteiger partial charge < -0.3 is 10.2 Å². The number of nitrogens with zero attached hydrogens (tertiary/aromatic N) is 3. The molecule has 24 heavy (non-hydrogen) atoms. The van der Waals surface area contributed by atoms with Gasteiger partial charge in [-0.05, 0) is 23.8 Å². The molecular formula is C15H14N4O3S2. The first-order valence-electron chi connectivity index (χ1n) is 6.98. The Kier molecular flexibility index (Phi) is 5.14. The predicted octanol–water partition coefficient (Wildman–Crippen LogP) is 2.46. The number of hydrogen-bond donors (Lipinski definition) is 3. The van der Waals surface area contributed by atoms with Gasteiger partial charge in [-0.3, -0.25) is 10.4 Å². The van der Waals surface area contributed by atoms with Crippen molar-refractivity contribution < 1.29 is 15.0 Å². The van der Waals surface area contributed by atoms with Gasteiger partial charge in [0.15, 0.2) is 0 Å². The second-order valence-electron chi connectivity index (χ2n) is 4.79. The number of aliphatic hydroxyl groups excluding tert-OH is 1. The van der Waals surface area contributed by atoms with Crippen LogP contribution in [-0.4, -0.2) is 44.3 Å². The van der Waals surface area contributed by atoms with Crippen LogP contribution in [0.4, 0.5) is 5.13 Å². The zero-order valence-electron chi connectivity index (χ0n) is 12.4. The van der Waals surface area contributed by atoms with E-state index in [-0.39, 0.29) is 12.3 Å². The fourth-order valence-corrected chi connectivity index (χ4v) is 3.81. The van der Waals surface area contributed by atoms with E-state index < -0.39 is 5.97 Å². The predicted molar refractivity (Wildman–Crippen MR) is 92.1 cm³/mol. The summed E-state index contributed by atoms with van der Waals surface area (Å²) in [6, 6.07) is 3.30. The Balaban J connectivity index is 1.62. The van der Waals surface area contributed by atoms with Crippen LogP contribution in [0.15, 0.2) is 57.6 Å². The summed E-state index contributed by atoms with van der Waals surface area (Å²) in [7, 11) is 0. The van der Waals surface area contributed by atoms with Crippen molar-refractivity contribution in [3.05, 3.63) is 54.1 Å². The average Bonchev–Trinajstić information content (AvgIpc) is 3.02. The van der Waals surface area contributed by atoms with Crippen molar-refractivity contribution in [3.8, 4) is 0 Å². The number of hydrogen-bond acceptors (Lipinski definition) is 8. The van der Waals surface area contributed by atoms with E-state index in [9.17, 15) is 4.79 Å². The van der Waals surface area contributed by atoms with E-state index in [0.717, 1.165) is 19.8 Å². The lowest BCUT2D eigenvalue weighted by atomic mass is 10.2. The highest BCUT2D eigenvalue weighted by molar-refractivity contribution is 8.01. The van der Waals surface area contributed by atoms with Crippen molar-refractivity contribution in [2.75, 3.05) is 18.6 Å². The molecule has 9 heteroatoms. The smallest absolute Gasteiger partial charge is 0.354 e. The number of rotatable bonds is 6. The number of carbonyl (C=O) groups is 1. The van der Waals surface area contributed by atoms with E-state index in [1.54, 1.807) is 12.3 Å². The third-order valence-corrected chi connectivity index (χ3v) is 5.09. The van der Waals surface area contributed by atoms with E-state index in [2.05, 4.69) is 15.4 Å². The minimum atomic E-state index is -1.05. The normalized spacial score (nSPS) is 13.7. The number of thiazole rings is 1. The van der Waals surface area contributed by atoms with Crippen LogP contribution >= 0.6 is 23.1 Å². The second kappa shape index (κ2) is 7.47. The average molecular weight is 362 g/mol. The number of carboxylic acid groups (broad SMARTS) is 1. The van der Waals surface area contributed by atoms with Gasteiger partial charge in [-0.15, -0.1) is 0 Å². The lowest BCUT2D eigenvalue weighted by molar-refractivity contribution is 0.0690. The van der Waals surface area contributed by atoms with E-state index in [1.807, 2.05) is 23.4 Å². The molecule has 7 nitrogen and oxygen atoms in total. The van der Waals surface area contributed by atoms with Crippen LogP contribution in [0.5, 0.6) is 0 Å². The van der Waals surface area contributed by atoms with E-state index in [4.69, 9.17) is 10.2 Å². The molecule has 0 saturated carbocycles. The fourth-order valence-electron chi connectivity index (χ4n) is 1.92. The van der Waals surface area contributed by atoms with Gasteiger partial charge in [-0.25, -0.2) is 14.8 Å². The molecular weight excluding hydrogens is 348 g/mol. The quantitative estimate of drug-likeness (QED) is 0.721. The van der Waals surface area contributed by atoms with Gasteiger partial charge >= 0.3 is 5.97 Å². The van der Waals surface area contributed by atoms with Crippen molar-refractivity contribution in [2.24, 2.45) is 0 Å². The molecule has 3 rings (SSSR count). The zero-order chi connectivity index (χ0) is 16.9. The Hall–Kier alpha value is -2.36. The highest BCUT2D eigenvalue weighted by Gasteiger charge is 2.10. The van der Waals surface area contributed by atoms with Gasteiger partial charge in [0.25, 0.3) is 0 Å². The van der Waals surface area contributed by atoms with E-state index in [1.165, 1.54) is 35.4 Å². The van der Waals surface area contributed by atoms with Gasteiger partial charge in [-0.2, -0.15) is 0 Å². The number of anilines is 1. The molecule has 0 saturated heterocycles. The maximum Gasteiger partial charge on any atom is 0.354 e. The molecule has 1 aliphatic rings. The van der Waals surface area contributed by atoms with Crippen molar-refractivity contribution >= 4 is 34.2 Å². The van der Waals surface area contributed by atoms with Crippen LogP contribution in [-0.2, 0) is 0 Å². The number of aromatic carboxylic acids is 1. The maximum absolute atomic E-state index is 11.0. The minimum absolute atomic E-state index is 0.0211. The third kappa shape index (κ3) is 4.13. The molecule has 3 N–H and O–H groups in total. The summed E-state index contributed by atoms with van der Waals surface area (Å²) >= 11 is 2.91. The molecule has 124 valence electrons. The van der Waals surface area contributed by atoms with Gasteiger partial charge in [0.05, 0.1) is 23.6 Å². The minimum Gasteiger partial charge on any atom is -0.477 e. The van der Waals surface area contributed by atoms with Gasteiger partial charge in [-0.1, -0.05) is 29.2 Å². The molecule has 0 atom stereocenters. The molecule has 0 aliphatic carbocycles.